The van der Waals surface area contributed by atoms with Crippen molar-refractivity contribution in [1.29, 1.82) is 0 Å². The maximum absolute atomic E-state index is 13.7. The first-order chi connectivity index (χ1) is 8.86. The van der Waals surface area contributed by atoms with Crippen molar-refractivity contribution in [2.24, 2.45) is 0 Å². The molecule has 6 heteroatoms. The number of aliphatic hydroxyl groups excluding tert-OH is 1. The Morgan fingerprint density at radius 1 is 1.47 bits per heavy atom. The highest BCUT2D eigenvalue weighted by Crippen LogP contribution is 2.36. The maximum atomic E-state index is 13.7. The third kappa shape index (κ3) is 3.32. The van der Waals surface area contributed by atoms with Crippen LogP contribution in [0.3, 0.4) is 0 Å². The van der Waals surface area contributed by atoms with Crippen molar-refractivity contribution in [2.75, 3.05) is 6.61 Å². The Balaban J connectivity index is 2.28. The molecule has 1 fully saturated rings. The van der Waals surface area contributed by atoms with Gasteiger partial charge in [0.05, 0.1) is 10.5 Å². The summed E-state index contributed by atoms with van der Waals surface area (Å²) in [5, 5.41) is 8.53. The first kappa shape index (κ1) is 14.0. The predicted molar refractivity (Wildman–Crippen MR) is 68.3 cm³/mol. The van der Waals surface area contributed by atoms with Gasteiger partial charge in [-0.2, -0.15) is 0 Å². The Hall–Kier alpha value is -1.42. The zero-order valence-electron chi connectivity index (χ0n) is 10.4. The van der Waals surface area contributed by atoms with E-state index in [4.69, 9.17) is 5.11 Å². The van der Waals surface area contributed by atoms with Gasteiger partial charge in [-0.05, 0) is 38.0 Å². The van der Waals surface area contributed by atoms with E-state index in [0.717, 1.165) is 18.9 Å². The maximum Gasteiger partial charge on any atom is 0.241 e. The van der Waals surface area contributed by atoms with Gasteiger partial charge in [-0.15, -0.1) is 0 Å². The zero-order chi connectivity index (χ0) is 14.1. The number of sulfonamides is 1. The molecule has 2 rings (SSSR count). The van der Waals surface area contributed by atoms with Crippen molar-refractivity contribution in [3.63, 3.8) is 0 Å². The number of aliphatic hydroxyl groups is 1. The molecule has 0 atom stereocenters. The quantitative estimate of drug-likeness (QED) is 0.813. The lowest BCUT2D eigenvalue weighted by atomic mass is 10.2. The first-order valence-corrected chi connectivity index (χ1v) is 7.28. The van der Waals surface area contributed by atoms with Crippen LogP contribution in [0.4, 0.5) is 4.39 Å². The van der Waals surface area contributed by atoms with Crippen LogP contribution < -0.4 is 4.72 Å². The van der Waals surface area contributed by atoms with E-state index in [1.165, 1.54) is 12.1 Å². The normalized spacial score (nSPS) is 16.6. The molecule has 2 N–H and O–H groups in total. The van der Waals surface area contributed by atoms with Crippen LogP contribution in [-0.2, 0) is 10.0 Å². The Labute approximate surface area is 111 Å². The van der Waals surface area contributed by atoms with Gasteiger partial charge >= 0.3 is 0 Å². The van der Waals surface area contributed by atoms with Gasteiger partial charge in [-0.3, -0.25) is 0 Å². The summed E-state index contributed by atoms with van der Waals surface area (Å²) >= 11 is 0. The molecule has 1 aromatic carbocycles. The lowest BCUT2D eigenvalue weighted by Crippen LogP contribution is -2.34. The van der Waals surface area contributed by atoms with Crippen molar-refractivity contribution >= 4 is 10.0 Å². The van der Waals surface area contributed by atoms with E-state index in [9.17, 15) is 12.8 Å². The molecule has 0 bridgehead atoms. The summed E-state index contributed by atoms with van der Waals surface area (Å²) in [4.78, 5) is -0.118. The highest BCUT2D eigenvalue weighted by molar-refractivity contribution is 7.89. The lowest BCUT2D eigenvalue weighted by Gasteiger charge is -2.12. The van der Waals surface area contributed by atoms with Gasteiger partial charge in [-0.25, -0.2) is 17.5 Å². The summed E-state index contributed by atoms with van der Waals surface area (Å²) in [6, 6.07) is 3.54. The van der Waals surface area contributed by atoms with Crippen molar-refractivity contribution in [1.82, 2.24) is 4.72 Å². The molecule has 0 spiro atoms. The third-order valence-corrected chi connectivity index (χ3v) is 4.57. The topological polar surface area (TPSA) is 66.4 Å². The van der Waals surface area contributed by atoms with Crippen molar-refractivity contribution in [2.45, 2.75) is 30.2 Å². The second-order valence-corrected chi connectivity index (χ2v) is 6.45. The molecule has 0 aliphatic heterocycles. The zero-order valence-corrected chi connectivity index (χ0v) is 11.2. The lowest BCUT2D eigenvalue weighted by molar-refractivity contribution is 0.350. The minimum atomic E-state index is -3.70. The number of rotatable bonds is 3. The summed E-state index contributed by atoms with van der Waals surface area (Å²) in [5.74, 6) is 4.01. The molecule has 1 aromatic rings. The van der Waals surface area contributed by atoms with Crippen molar-refractivity contribution in [3.05, 3.63) is 29.6 Å². The van der Waals surface area contributed by atoms with E-state index < -0.39 is 21.4 Å². The number of benzene rings is 1. The minimum absolute atomic E-state index is 0.0608. The smallest absolute Gasteiger partial charge is 0.241 e. The molecule has 0 aromatic heterocycles. The van der Waals surface area contributed by atoms with Crippen LogP contribution in [0.1, 0.15) is 25.3 Å². The SMILES string of the molecule is CC1(NS(=O)(=O)c2ccc(C#CCO)c(F)c2)CC1. The molecule has 0 saturated heterocycles. The van der Waals surface area contributed by atoms with E-state index in [-0.39, 0.29) is 17.1 Å². The van der Waals surface area contributed by atoms with Crippen molar-refractivity contribution < 1.29 is 17.9 Å². The molecule has 102 valence electrons. The Kier molecular flexibility index (Phi) is 3.63. The molecule has 1 saturated carbocycles. The summed E-state index contributed by atoms with van der Waals surface area (Å²) in [5.41, 5.74) is -0.337. The Morgan fingerprint density at radius 2 is 2.16 bits per heavy atom. The van der Waals surface area contributed by atoms with Crippen LogP contribution in [0.2, 0.25) is 0 Å². The highest BCUT2D eigenvalue weighted by Gasteiger charge is 2.41. The molecule has 0 amide bonds. The summed E-state index contributed by atoms with van der Waals surface area (Å²) in [6.45, 7) is 1.43. The van der Waals surface area contributed by atoms with Crippen LogP contribution in [0, 0.1) is 17.7 Å². The van der Waals surface area contributed by atoms with Crippen LogP contribution in [0.15, 0.2) is 23.1 Å². The van der Waals surface area contributed by atoms with Gasteiger partial charge in [-0.1, -0.05) is 11.8 Å². The third-order valence-electron chi connectivity index (χ3n) is 2.93. The highest BCUT2D eigenvalue weighted by atomic mass is 32.2. The van der Waals surface area contributed by atoms with E-state index in [2.05, 4.69) is 16.6 Å². The van der Waals surface area contributed by atoms with E-state index >= 15 is 0 Å². The molecule has 0 heterocycles. The molecule has 0 radical (unpaired) electrons. The second-order valence-electron chi connectivity index (χ2n) is 4.77. The largest absolute Gasteiger partial charge is 0.384 e. The number of nitrogens with one attached hydrogen (secondary N) is 1. The Bertz CT molecular complexity index is 654. The monoisotopic (exact) mass is 283 g/mol. The molecular weight excluding hydrogens is 269 g/mol. The van der Waals surface area contributed by atoms with E-state index in [1.807, 2.05) is 6.92 Å². The molecule has 1 aliphatic rings. The van der Waals surface area contributed by atoms with Crippen molar-refractivity contribution in [3.8, 4) is 11.8 Å². The molecule has 4 nitrogen and oxygen atoms in total. The van der Waals surface area contributed by atoms with Gasteiger partial charge in [0, 0.05) is 5.54 Å². The second kappa shape index (κ2) is 4.93. The molecule has 0 unspecified atom stereocenters. The summed E-state index contributed by atoms with van der Waals surface area (Å²) in [7, 11) is -3.70. The number of halogens is 1. The first-order valence-electron chi connectivity index (χ1n) is 5.80. The Morgan fingerprint density at radius 3 is 2.68 bits per heavy atom. The van der Waals surface area contributed by atoms with Crippen LogP contribution in [0.25, 0.3) is 0 Å². The number of hydrogen-bond acceptors (Lipinski definition) is 3. The fourth-order valence-electron chi connectivity index (χ4n) is 1.57. The van der Waals surface area contributed by atoms with Crippen LogP contribution in [0.5, 0.6) is 0 Å². The van der Waals surface area contributed by atoms with Crippen LogP contribution >= 0.6 is 0 Å². The average Bonchev–Trinajstić information content (AvgIpc) is 3.04. The van der Waals surface area contributed by atoms with Gasteiger partial charge in [0.2, 0.25) is 10.0 Å². The summed E-state index contributed by atoms with van der Waals surface area (Å²) in [6.07, 6.45) is 1.57. The fourth-order valence-corrected chi connectivity index (χ4v) is 3.05. The minimum Gasteiger partial charge on any atom is -0.384 e. The van der Waals surface area contributed by atoms with Gasteiger partial charge in [0.1, 0.15) is 12.4 Å². The fraction of sp³-hybridized carbons (Fsp3) is 0.385. The molecule has 1 aliphatic carbocycles. The standard InChI is InChI=1S/C13H14FNO3S/c1-13(6-7-13)15-19(17,18)11-5-4-10(3-2-8-16)12(14)9-11/h4-5,9,15-16H,6-8H2,1H3. The summed E-state index contributed by atoms with van der Waals surface area (Å²) < 4.78 is 40.2. The predicted octanol–water partition coefficient (Wildman–Crippen LogP) is 1.00. The average molecular weight is 283 g/mol. The number of hydrogen-bond donors (Lipinski definition) is 2. The van der Waals surface area contributed by atoms with E-state index in [1.54, 1.807) is 0 Å². The van der Waals surface area contributed by atoms with Gasteiger partial charge in [0.25, 0.3) is 0 Å². The van der Waals surface area contributed by atoms with Gasteiger partial charge < -0.3 is 5.11 Å². The van der Waals surface area contributed by atoms with Gasteiger partial charge in [0.15, 0.2) is 0 Å². The van der Waals surface area contributed by atoms with E-state index in [0.29, 0.717) is 0 Å². The van der Waals surface area contributed by atoms with Crippen LogP contribution in [-0.4, -0.2) is 25.7 Å². The molecular formula is C13H14FNO3S. The molecule has 19 heavy (non-hydrogen) atoms.